The van der Waals surface area contributed by atoms with Gasteiger partial charge in [0.2, 0.25) is 21.8 Å². The monoisotopic (exact) mass is 405 g/mol. The number of carbonyl (C=O) groups is 1. The first kappa shape index (κ1) is 20.5. The summed E-state index contributed by atoms with van der Waals surface area (Å²) in [5.41, 5.74) is 1.56. The number of oxazole rings is 1. The van der Waals surface area contributed by atoms with Crippen LogP contribution in [0.4, 0.5) is 5.69 Å². The summed E-state index contributed by atoms with van der Waals surface area (Å²) in [6.07, 6.45) is 5.76. The molecule has 0 bridgehead atoms. The maximum Gasteiger partial charge on any atom is 0.227 e. The van der Waals surface area contributed by atoms with Crippen molar-refractivity contribution in [3.63, 3.8) is 0 Å². The van der Waals surface area contributed by atoms with Gasteiger partial charge in [-0.05, 0) is 70.7 Å². The fourth-order valence-electron chi connectivity index (χ4n) is 3.18. The lowest BCUT2D eigenvalue weighted by atomic mass is 9.86. The number of hydrogen-bond acceptors (Lipinski definition) is 5. The Bertz CT molecular complexity index is 892. The van der Waals surface area contributed by atoms with Crippen LogP contribution in [-0.2, 0) is 14.8 Å². The van der Waals surface area contributed by atoms with E-state index in [1.807, 2.05) is 24.3 Å². The Balaban J connectivity index is 1.51. The quantitative estimate of drug-likeness (QED) is 0.792. The van der Waals surface area contributed by atoms with Crippen molar-refractivity contribution in [1.29, 1.82) is 0 Å². The number of aromatic nitrogens is 1. The highest BCUT2D eigenvalue weighted by atomic mass is 32.2. The van der Waals surface area contributed by atoms with Crippen LogP contribution < -0.4 is 10.0 Å². The van der Waals surface area contributed by atoms with E-state index in [1.54, 1.807) is 27.0 Å². The fraction of sp³-hybridized carbons (Fsp3) is 0.500. The molecule has 1 saturated carbocycles. The lowest BCUT2D eigenvalue weighted by molar-refractivity contribution is -0.120. The van der Waals surface area contributed by atoms with Gasteiger partial charge in [-0.2, -0.15) is 0 Å². The average molecular weight is 406 g/mol. The van der Waals surface area contributed by atoms with Crippen LogP contribution in [0.3, 0.4) is 0 Å². The molecule has 2 aromatic rings. The first-order valence-corrected chi connectivity index (χ1v) is 11.0. The largest absolute Gasteiger partial charge is 0.445 e. The van der Waals surface area contributed by atoms with Crippen molar-refractivity contribution in [2.45, 2.75) is 57.2 Å². The third-order valence-corrected chi connectivity index (χ3v) is 7.31. The Hall–Kier alpha value is -2.19. The first-order valence-electron chi connectivity index (χ1n) is 9.48. The molecule has 1 aromatic heterocycles. The van der Waals surface area contributed by atoms with Crippen LogP contribution in [0.2, 0.25) is 0 Å². The number of anilines is 1. The van der Waals surface area contributed by atoms with Gasteiger partial charge in [0, 0.05) is 23.2 Å². The topological polar surface area (TPSA) is 101 Å². The van der Waals surface area contributed by atoms with E-state index in [-0.39, 0.29) is 17.9 Å². The summed E-state index contributed by atoms with van der Waals surface area (Å²) in [7, 11) is -3.37. The van der Waals surface area contributed by atoms with Crippen LogP contribution in [-0.4, -0.2) is 30.1 Å². The second-order valence-electron chi connectivity index (χ2n) is 8.19. The van der Waals surface area contributed by atoms with E-state index in [1.165, 1.54) is 6.26 Å². The summed E-state index contributed by atoms with van der Waals surface area (Å²) in [5.74, 6) is 0.400. The zero-order valence-electron chi connectivity index (χ0n) is 16.4. The molecule has 0 atom stereocenters. The van der Waals surface area contributed by atoms with E-state index < -0.39 is 14.8 Å². The van der Waals surface area contributed by atoms with Crippen LogP contribution in [0.15, 0.2) is 41.1 Å². The van der Waals surface area contributed by atoms with Gasteiger partial charge >= 0.3 is 0 Å². The SMILES string of the molecule is CC(C)(C)S(=O)(=O)NC1CCC(C(=O)Nc2ccc(-c3ncco3)cc2)CC1. The van der Waals surface area contributed by atoms with Gasteiger partial charge in [0.25, 0.3) is 0 Å². The highest BCUT2D eigenvalue weighted by molar-refractivity contribution is 7.90. The smallest absolute Gasteiger partial charge is 0.227 e. The van der Waals surface area contributed by atoms with Crippen molar-refractivity contribution >= 4 is 21.6 Å². The molecule has 1 aliphatic rings. The van der Waals surface area contributed by atoms with Crippen molar-refractivity contribution in [3.05, 3.63) is 36.7 Å². The molecule has 1 heterocycles. The van der Waals surface area contributed by atoms with Crippen LogP contribution in [0.25, 0.3) is 11.5 Å². The molecule has 7 nitrogen and oxygen atoms in total. The molecule has 0 radical (unpaired) electrons. The third kappa shape index (κ3) is 4.80. The highest BCUT2D eigenvalue weighted by Crippen LogP contribution is 2.28. The second-order valence-corrected chi connectivity index (χ2v) is 10.7. The maximum absolute atomic E-state index is 12.6. The molecule has 1 aliphatic carbocycles. The van der Waals surface area contributed by atoms with Gasteiger partial charge < -0.3 is 9.73 Å². The summed E-state index contributed by atoms with van der Waals surface area (Å²) in [6.45, 7) is 5.05. The summed E-state index contributed by atoms with van der Waals surface area (Å²) >= 11 is 0. The molecular formula is C20H27N3O4S. The number of benzene rings is 1. The minimum Gasteiger partial charge on any atom is -0.445 e. The number of nitrogens with one attached hydrogen (secondary N) is 2. The summed E-state index contributed by atoms with van der Waals surface area (Å²) in [6, 6.07) is 7.23. The van der Waals surface area contributed by atoms with E-state index in [2.05, 4.69) is 15.0 Å². The highest BCUT2D eigenvalue weighted by Gasteiger charge is 2.34. The molecule has 0 aliphatic heterocycles. The molecule has 1 amide bonds. The van der Waals surface area contributed by atoms with Crippen molar-refractivity contribution in [3.8, 4) is 11.5 Å². The second kappa shape index (κ2) is 8.05. The summed E-state index contributed by atoms with van der Waals surface area (Å²) < 4.78 is 31.8. The van der Waals surface area contributed by atoms with Crippen molar-refractivity contribution in [1.82, 2.24) is 9.71 Å². The fourth-order valence-corrected chi connectivity index (χ4v) is 4.20. The molecule has 2 N–H and O–H groups in total. The zero-order valence-corrected chi connectivity index (χ0v) is 17.3. The van der Waals surface area contributed by atoms with Gasteiger partial charge in [-0.3, -0.25) is 4.79 Å². The number of hydrogen-bond donors (Lipinski definition) is 2. The molecule has 1 aromatic carbocycles. The molecule has 0 saturated heterocycles. The maximum atomic E-state index is 12.6. The third-order valence-electron chi connectivity index (χ3n) is 5.06. The van der Waals surface area contributed by atoms with Gasteiger partial charge in [-0.25, -0.2) is 18.1 Å². The molecule has 0 unspecified atom stereocenters. The number of carbonyl (C=O) groups excluding carboxylic acids is 1. The lowest BCUT2D eigenvalue weighted by Gasteiger charge is -2.30. The van der Waals surface area contributed by atoms with Gasteiger partial charge in [-0.15, -0.1) is 0 Å². The minimum atomic E-state index is -3.37. The molecule has 8 heteroatoms. The Labute approximate surface area is 166 Å². The average Bonchev–Trinajstić information content (AvgIpc) is 3.16. The summed E-state index contributed by atoms with van der Waals surface area (Å²) in [5, 5.41) is 2.94. The molecule has 0 spiro atoms. The lowest BCUT2D eigenvalue weighted by Crippen LogP contribution is -2.46. The zero-order chi connectivity index (χ0) is 20.4. The minimum absolute atomic E-state index is 0.0268. The molecular weight excluding hydrogens is 378 g/mol. The van der Waals surface area contributed by atoms with Crippen LogP contribution in [0.5, 0.6) is 0 Å². The van der Waals surface area contributed by atoms with Crippen LogP contribution in [0, 0.1) is 5.92 Å². The first-order chi connectivity index (χ1) is 13.2. The normalized spacial score (nSPS) is 20.7. The molecule has 152 valence electrons. The Morgan fingerprint density at radius 1 is 1.11 bits per heavy atom. The molecule has 1 fully saturated rings. The van der Waals surface area contributed by atoms with Crippen LogP contribution >= 0.6 is 0 Å². The van der Waals surface area contributed by atoms with Gasteiger partial charge in [0.1, 0.15) is 6.26 Å². The Kier molecular flexibility index (Phi) is 5.90. The van der Waals surface area contributed by atoms with E-state index in [4.69, 9.17) is 4.42 Å². The number of sulfonamides is 1. The summed E-state index contributed by atoms with van der Waals surface area (Å²) in [4.78, 5) is 16.6. The molecule has 28 heavy (non-hydrogen) atoms. The number of nitrogens with zero attached hydrogens (tertiary/aromatic N) is 1. The van der Waals surface area contributed by atoms with Crippen molar-refractivity contribution < 1.29 is 17.6 Å². The number of rotatable bonds is 5. The number of amides is 1. The van der Waals surface area contributed by atoms with Crippen molar-refractivity contribution in [2.75, 3.05) is 5.32 Å². The Morgan fingerprint density at radius 2 is 1.75 bits per heavy atom. The molecule has 3 rings (SSSR count). The van der Waals surface area contributed by atoms with Crippen LogP contribution in [0.1, 0.15) is 46.5 Å². The van der Waals surface area contributed by atoms with Gasteiger partial charge in [0.15, 0.2) is 0 Å². The van der Waals surface area contributed by atoms with Crippen molar-refractivity contribution in [2.24, 2.45) is 5.92 Å². The van der Waals surface area contributed by atoms with Gasteiger partial charge in [0.05, 0.1) is 10.9 Å². The predicted molar refractivity (Wildman–Crippen MR) is 108 cm³/mol. The van der Waals surface area contributed by atoms with E-state index >= 15 is 0 Å². The standard InChI is InChI=1S/C20H27N3O4S/c1-20(2,3)28(25,26)23-17-10-4-14(5-11-17)18(24)22-16-8-6-15(7-9-16)19-21-12-13-27-19/h6-9,12-14,17,23H,4-5,10-11H2,1-3H3,(H,22,24). The van der Waals surface area contributed by atoms with E-state index in [9.17, 15) is 13.2 Å². The van der Waals surface area contributed by atoms with Gasteiger partial charge in [-0.1, -0.05) is 0 Å². The van der Waals surface area contributed by atoms with E-state index in [0.717, 1.165) is 11.3 Å². The Morgan fingerprint density at radius 3 is 2.29 bits per heavy atom. The predicted octanol–water partition coefficient (Wildman–Crippen LogP) is 3.56. The van der Waals surface area contributed by atoms with E-state index in [0.29, 0.717) is 31.6 Å².